The van der Waals surface area contributed by atoms with E-state index in [4.69, 9.17) is 4.42 Å². The molecule has 2 heterocycles. The molecule has 0 aliphatic rings. The average molecular weight is 336 g/mol. The first-order valence-corrected chi connectivity index (χ1v) is 7.46. The summed E-state index contributed by atoms with van der Waals surface area (Å²) in [5, 5.41) is 19.8. The van der Waals surface area contributed by atoms with Crippen LogP contribution in [0.4, 0.5) is 0 Å². The highest BCUT2D eigenvalue weighted by atomic mass is 16.3. The van der Waals surface area contributed by atoms with Crippen molar-refractivity contribution in [2.75, 3.05) is 0 Å². The summed E-state index contributed by atoms with van der Waals surface area (Å²) in [7, 11) is 0. The summed E-state index contributed by atoms with van der Waals surface area (Å²) in [6.07, 6.45) is 1.28. The molecule has 0 bridgehead atoms. The predicted octanol–water partition coefficient (Wildman–Crippen LogP) is 2.44. The first-order valence-electron chi connectivity index (χ1n) is 7.46. The zero-order chi connectivity index (χ0) is 17.6. The molecule has 0 aliphatic heterocycles. The molecule has 7 nitrogen and oxygen atoms in total. The highest BCUT2D eigenvalue weighted by Crippen LogP contribution is 2.25. The van der Waals surface area contributed by atoms with Gasteiger partial charge in [-0.05, 0) is 24.3 Å². The van der Waals surface area contributed by atoms with E-state index in [2.05, 4.69) is 4.98 Å². The van der Waals surface area contributed by atoms with Crippen LogP contribution in [-0.4, -0.2) is 25.5 Å². The molecule has 0 saturated heterocycles. The molecule has 0 aliphatic carbocycles. The summed E-state index contributed by atoms with van der Waals surface area (Å²) in [6, 6.07) is 10.8. The number of phenols is 2. The fraction of sp³-hybridized carbons (Fsp3) is 0.0556. The number of fused-ring (bicyclic) bond motifs is 3. The lowest BCUT2D eigenvalue weighted by Gasteiger charge is -2.06. The second-order valence-corrected chi connectivity index (χ2v) is 5.58. The van der Waals surface area contributed by atoms with E-state index in [0.717, 1.165) is 16.0 Å². The van der Waals surface area contributed by atoms with Crippen LogP contribution in [0.1, 0.15) is 10.4 Å². The van der Waals surface area contributed by atoms with Gasteiger partial charge in [-0.3, -0.25) is 14.2 Å². The number of benzene rings is 2. The maximum atomic E-state index is 12.6. The Hall–Kier alpha value is -3.61. The number of carbonyl (C=O) groups is 1. The second-order valence-electron chi connectivity index (χ2n) is 5.58. The van der Waals surface area contributed by atoms with E-state index >= 15 is 0 Å². The maximum absolute atomic E-state index is 12.6. The van der Waals surface area contributed by atoms with Gasteiger partial charge in [0.1, 0.15) is 22.6 Å². The van der Waals surface area contributed by atoms with Crippen molar-refractivity contribution in [1.29, 1.82) is 0 Å². The molecule has 0 atom stereocenters. The van der Waals surface area contributed by atoms with Gasteiger partial charge in [-0.2, -0.15) is 0 Å². The summed E-state index contributed by atoms with van der Waals surface area (Å²) in [4.78, 5) is 29.2. The third-order valence-electron chi connectivity index (χ3n) is 3.95. The van der Waals surface area contributed by atoms with Gasteiger partial charge >= 0.3 is 0 Å². The number of hydrogen-bond donors (Lipinski definition) is 2. The van der Waals surface area contributed by atoms with E-state index in [1.54, 1.807) is 18.2 Å². The maximum Gasteiger partial charge on any atom is 0.297 e. The molecule has 0 saturated carbocycles. The first kappa shape index (κ1) is 14.9. The van der Waals surface area contributed by atoms with Crippen molar-refractivity contribution in [3.8, 4) is 11.5 Å². The van der Waals surface area contributed by atoms with Crippen molar-refractivity contribution < 1.29 is 19.4 Å². The average Bonchev–Trinajstić information content (AvgIpc) is 2.97. The van der Waals surface area contributed by atoms with Gasteiger partial charge in [0.25, 0.3) is 5.56 Å². The molecule has 124 valence electrons. The first-order chi connectivity index (χ1) is 12.0. The molecule has 7 heteroatoms. The van der Waals surface area contributed by atoms with Gasteiger partial charge < -0.3 is 14.6 Å². The Morgan fingerprint density at radius 1 is 1.16 bits per heavy atom. The zero-order valence-corrected chi connectivity index (χ0v) is 12.8. The van der Waals surface area contributed by atoms with Crippen LogP contribution in [0.15, 0.2) is 58.0 Å². The van der Waals surface area contributed by atoms with Gasteiger partial charge in [0.15, 0.2) is 5.78 Å². The molecule has 2 aromatic carbocycles. The molecule has 25 heavy (non-hydrogen) atoms. The number of nitrogens with zero attached hydrogens (tertiary/aromatic N) is 2. The van der Waals surface area contributed by atoms with E-state index < -0.39 is 11.3 Å². The van der Waals surface area contributed by atoms with Crippen molar-refractivity contribution in [2.45, 2.75) is 6.54 Å². The van der Waals surface area contributed by atoms with Gasteiger partial charge in [0, 0.05) is 11.5 Å². The van der Waals surface area contributed by atoms with E-state index in [0.29, 0.717) is 11.1 Å². The van der Waals surface area contributed by atoms with E-state index in [9.17, 15) is 19.8 Å². The minimum atomic E-state index is -0.489. The van der Waals surface area contributed by atoms with Gasteiger partial charge in [-0.15, -0.1) is 0 Å². The molecule has 4 aromatic rings. The van der Waals surface area contributed by atoms with Gasteiger partial charge in [0.2, 0.25) is 5.58 Å². The lowest BCUT2D eigenvalue weighted by molar-refractivity contribution is 0.0968. The molecule has 0 radical (unpaired) electrons. The van der Waals surface area contributed by atoms with Crippen molar-refractivity contribution in [2.24, 2.45) is 0 Å². The third-order valence-corrected chi connectivity index (χ3v) is 3.95. The highest BCUT2D eigenvalue weighted by molar-refractivity contribution is 6.02. The van der Waals surface area contributed by atoms with Crippen LogP contribution in [-0.2, 0) is 6.54 Å². The van der Waals surface area contributed by atoms with Crippen molar-refractivity contribution in [1.82, 2.24) is 9.55 Å². The van der Waals surface area contributed by atoms with E-state index in [1.807, 2.05) is 6.07 Å². The summed E-state index contributed by atoms with van der Waals surface area (Å²) >= 11 is 0. The van der Waals surface area contributed by atoms with Crippen LogP contribution in [0, 0.1) is 0 Å². The zero-order valence-electron chi connectivity index (χ0n) is 12.8. The summed E-state index contributed by atoms with van der Waals surface area (Å²) in [5.41, 5.74) is 0.591. The Labute approximate surface area is 140 Å². The number of furan rings is 1. The Morgan fingerprint density at radius 3 is 2.76 bits per heavy atom. The quantitative estimate of drug-likeness (QED) is 0.557. The van der Waals surface area contributed by atoms with Crippen LogP contribution in [0.5, 0.6) is 11.5 Å². The van der Waals surface area contributed by atoms with Crippen LogP contribution in [0.3, 0.4) is 0 Å². The summed E-state index contributed by atoms with van der Waals surface area (Å²) in [5.74, 6) is -0.996. The SMILES string of the molecule is O=C(Cn1cnc2c(oc3ccccc32)c1=O)c1ccc(O)cc1O. The summed E-state index contributed by atoms with van der Waals surface area (Å²) < 4.78 is 6.69. The third kappa shape index (κ3) is 2.42. The number of carbonyl (C=O) groups excluding carboxylic acids is 1. The van der Waals surface area contributed by atoms with Crippen molar-refractivity contribution >= 4 is 27.9 Å². The number of rotatable bonds is 3. The number of Topliss-reactive ketones (excluding diaryl/α,β-unsaturated/α-hetero) is 1. The molecule has 0 unspecified atom stereocenters. The van der Waals surface area contributed by atoms with Gasteiger partial charge in [-0.25, -0.2) is 4.98 Å². The fourth-order valence-electron chi connectivity index (χ4n) is 2.72. The lowest BCUT2D eigenvalue weighted by atomic mass is 10.1. The molecule has 0 spiro atoms. The monoisotopic (exact) mass is 336 g/mol. The standard InChI is InChI=1S/C18H12N2O5/c21-10-5-6-11(13(22)7-10)14(23)8-20-9-19-16-12-3-1-2-4-15(12)25-17(16)18(20)24/h1-7,9,21-22H,8H2. The van der Waals surface area contributed by atoms with Gasteiger partial charge in [-0.1, -0.05) is 12.1 Å². The number of hydrogen-bond acceptors (Lipinski definition) is 6. The predicted molar refractivity (Wildman–Crippen MR) is 89.9 cm³/mol. The topological polar surface area (TPSA) is 106 Å². The van der Waals surface area contributed by atoms with Crippen molar-refractivity contribution in [3.63, 3.8) is 0 Å². The lowest BCUT2D eigenvalue weighted by Crippen LogP contribution is -2.24. The summed E-state index contributed by atoms with van der Waals surface area (Å²) in [6.45, 7) is -0.308. The van der Waals surface area contributed by atoms with Crippen molar-refractivity contribution in [3.05, 3.63) is 64.7 Å². The van der Waals surface area contributed by atoms with Crippen LogP contribution in [0.2, 0.25) is 0 Å². The number of aromatic hydroxyl groups is 2. The van der Waals surface area contributed by atoms with Crippen LogP contribution < -0.4 is 5.56 Å². The number of phenolic OH excluding ortho intramolecular Hbond substituents is 2. The molecule has 0 amide bonds. The minimum Gasteiger partial charge on any atom is -0.508 e. The molecule has 4 rings (SSSR count). The molecular formula is C18H12N2O5. The largest absolute Gasteiger partial charge is 0.508 e. The molecular weight excluding hydrogens is 324 g/mol. The molecule has 2 N–H and O–H groups in total. The number of aromatic nitrogens is 2. The second kappa shape index (κ2) is 5.48. The van der Waals surface area contributed by atoms with Gasteiger partial charge in [0.05, 0.1) is 18.4 Å². The normalized spacial score (nSPS) is 11.2. The van der Waals surface area contributed by atoms with Crippen LogP contribution >= 0.6 is 0 Å². The van der Waals surface area contributed by atoms with E-state index in [1.165, 1.54) is 18.5 Å². The Kier molecular flexibility index (Phi) is 3.28. The number of ketones is 1. The Bertz CT molecular complexity index is 1190. The number of para-hydroxylation sites is 1. The van der Waals surface area contributed by atoms with E-state index in [-0.39, 0.29) is 29.2 Å². The van der Waals surface area contributed by atoms with Crippen LogP contribution in [0.25, 0.3) is 22.1 Å². The molecule has 0 fully saturated rings. The highest BCUT2D eigenvalue weighted by Gasteiger charge is 2.17. The Balaban J connectivity index is 1.77. The Morgan fingerprint density at radius 2 is 1.96 bits per heavy atom. The fourth-order valence-corrected chi connectivity index (χ4v) is 2.72. The molecule has 2 aromatic heterocycles. The minimum absolute atomic E-state index is 0.00871. The smallest absolute Gasteiger partial charge is 0.297 e.